The van der Waals surface area contributed by atoms with Crippen molar-refractivity contribution in [2.45, 2.75) is 26.7 Å². The monoisotopic (exact) mass is 138 g/mol. The van der Waals surface area contributed by atoms with Gasteiger partial charge in [0.05, 0.1) is 0 Å². The van der Waals surface area contributed by atoms with Crippen LogP contribution < -0.4 is 0 Å². The summed E-state index contributed by atoms with van der Waals surface area (Å²) in [6.07, 6.45) is 2.34. The molecule has 0 unspecified atom stereocenters. The van der Waals surface area contributed by atoms with Crippen LogP contribution in [0.4, 0.5) is 0 Å². The molecule has 1 nitrogen and oxygen atoms in total. The highest BCUT2D eigenvalue weighted by Crippen LogP contribution is 2.48. The molecule has 2 aliphatic rings. The number of ketones is 1. The van der Waals surface area contributed by atoms with Crippen molar-refractivity contribution in [2.75, 3.05) is 0 Å². The van der Waals surface area contributed by atoms with Gasteiger partial charge in [0.25, 0.3) is 0 Å². The molecule has 2 saturated carbocycles. The quantitative estimate of drug-likeness (QED) is 0.569. The van der Waals surface area contributed by atoms with Crippen molar-refractivity contribution in [3.05, 3.63) is 0 Å². The second kappa shape index (κ2) is 1.84. The molecule has 2 aliphatic carbocycles. The Morgan fingerprint density at radius 2 is 1.40 bits per heavy atom. The molecule has 56 valence electrons. The van der Waals surface area contributed by atoms with Crippen molar-refractivity contribution in [3.63, 3.8) is 0 Å². The fourth-order valence-electron chi connectivity index (χ4n) is 1.71. The lowest BCUT2D eigenvalue weighted by molar-refractivity contribution is -0.121. The first-order chi connectivity index (χ1) is 4.70. The molecule has 0 aliphatic heterocycles. The summed E-state index contributed by atoms with van der Waals surface area (Å²) in [5, 5.41) is 0. The molecule has 0 aromatic heterocycles. The third-order valence-corrected chi connectivity index (χ3v) is 2.95. The number of hydrogen-bond donors (Lipinski definition) is 0. The molecule has 0 aromatic carbocycles. The van der Waals surface area contributed by atoms with Crippen LogP contribution in [0.2, 0.25) is 0 Å². The predicted octanol–water partition coefficient (Wildman–Crippen LogP) is 1.87. The Morgan fingerprint density at radius 3 is 1.60 bits per heavy atom. The maximum absolute atomic E-state index is 11.4. The average molecular weight is 138 g/mol. The van der Waals surface area contributed by atoms with Crippen LogP contribution in [-0.4, -0.2) is 5.78 Å². The molecule has 0 aromatic rings. The minimum absolute atomic E-state index is 0.468. The summed E-state index contributed by atoms with van der Waals surface area (Å²) in [6.45, 7) is 4.35. The van der Waals surface area contributed by atoms with Crippen molar-refractivity contribution >= 4 is 5.78 Å². The van der Waals surface area contributed by atoms with Gasteiger partial charge in [0, 0.05) is 11.8 Å². The molecule has 1 heteroatoms. The summed E-state index contributed by atoms with van der Waals surface area (Å²) in [7, 11) is 0. The van der Waals surface area contributed by atoms with Gasteiger partial charge in [-0.1, -0.05) is 13.8 Å². The van der Waals surface area contributed by atoms with Crippen LogP contribution in [0.5, 0.6) is 0 Å². The molecular formula is C9H14O. The maximum Gasteiger partial charge on any atom is 0.139 e. The predicted molar refractivity (Wildman–Crippen MR) is 39.5 cm³/mol. The first-order valence-electron chi connectivity index (χ1n) is 4.24. The fourth-order valence-corrected chi connectivity index (χ4v) is 1.71. The van der Waals surface area contributed by atoms with E-state index in [4.69, 9.17) is 0 Å². The summed E-state index contributed by atoms with van der Waals surface area (Å²) in [5.41, 5.74) is 0. The van der Waals surface area contributed by atoms with E-state index in [2.05, 4.69) is 13.8 Å². The van der Waals surface area contributed by atoms with E-state index in [1.807, 2.05) is 0 Å². The van der Waals surface area contributed by atoms with Crippen LogP contribution in [0.1, 0.15) is 26.7 Å². The highest BCUT2D eigenvalue weighted by molar-refractivity contribution is 5.88. The van der Waals surface area contributed by atoms with Gasteiger partial charge in [0.1, 0.15) is 5.78 Å². The molecule has 4 atom stereocenters. The van der Waals surface area contributed by atoms with Gasteiger partial charge in [-0.25, -0.2) is 0 Å². The summed E-state index contributed by atoms with van der Waals surface area (Å²) >= 11 is 0. The molecule has 2 rings (SSSR count). The van der Waals surface area contributed by atoms with Gasteiger partial charge in [-0.15, -0.1) is 0 Å². The number of rotatable bonds is 2. The number of carbonyl (C=O) groups is 1. The Hall–Kier alpha value is -0.330. The van der Waals surface area contributed by atoms with Gasteiger partial charge in [-0.2, -0.15) is 0 Å². The first kappa shape index (κ1) is 6.38. The summed E-state index contributed by atoms with van der Waals surface area (Å²) in [6, 6.07) is 0. The van der Waals surface area contributed by atoms with Crippen LogP contribution in [0, 0.1) is 23.7 Å². The van der Waals surface area contributed by atoms with E-state index >= 15 is 0 Å². The third kappa shape index (κ3) is 0.882. The fraction of sp³-hybridized carbons (Fsp3) is 0.889. The van der Waals surface area contributed by atoms with Crippen LogP contribution >= 0.6 is 0 Å². The Kier molecular flexibility index (Phi) is 1.17. The summed E-state index contributed by atoms with van der Waals surface area (Å²) in [4.78, 5) is 11.4. The minimum atomic E-state index is 0.468. The van der Waals surface area contributed by atoms with Crippen molar-refractivity contribution in [3.8, 4) is 0 Å². The lowest BCUT2D eigenvalue weighted by Crippen LogP contribution is -2.05. The van der Waals surface area contributed by atoms with E-state index in [-0.39, 0.29) is 0 Å². The summed E-state index contributed by atoms with van der Waals surface area (Å²) < 4.78 is 0. The number of hydrogen-bond acceptors (Lipinski definition) is 1. The zero-order chi connectivity index (χ0) is 7.30. The number of Topliss-reactive ketones (excluding diaryl/α,β-unsaturated/α-hetero) is 1. The molecule has 0 spiro atoms. The van der Waals surface area contributed by atoms with E-state index in [1.165, 1.54) is 12.8 Å². The Balaban J connectivity index is 1.89. The molecule has 10 heavy (non-hydrogen) atoms. The van der Waals surface area contributed by atoms with E-state index in [0.29, 0.717) is 29.5 Å². The van der Waals surface area contributed by atoms with Gasteiger partial charge in [0.15, 0.2) is 0 Å². The molecule has 0 radical (unpaired) electrons. The Morgan fingerprint density at radius 1 is 1.10 bits per heavy atom. The average Bonchev–Trinajstić information content (AvgIpc) is 2.70. The molecule has 0 saturated heterocycles. The van der Waals surface area contributed by atoms with E-state index < -0.39 is 0 Å². The topological polar surface area (TPSA) is 17.1 Å². The maximum atomic E-state index is 11.4. The first-order valence-corrected chi connectivity index (χ1v) is 4.24. The molecular weight excluding hydrogens is 124 g/mol. The van der Waals surface area contributed by atoms with Crippen molar-refractivity contribution in [1.82, 2.24) is 0 Å². The lowest BCUT2D eigenvalue weighted by atomic mass is 10.1. The Bertz CT molecular complexity index is 156. The van der Waals surface area contributed by atoms with Gasteiger partial charge in [-0.05, 0) is 24.7 Å². The highest BCUT2D eigenvalue weighted by atomic mass is 16.1. The normalized spacial score (nSPS) is 50.6. The SMILES string of the molecule is C[C@@H]1C[C@H]1C(=O)[C@@H]1C[C@H]1C. The Labute approximate surface area is 61.8 Å². The molecule has 0 bridgehead atoms. The number of carbonyl (C=O) groups excluding carboxylic acids is 1. The third-order valence-electron chi connectivity index (χ3n) is 2.95. The van der Waals surface area contributed by atoms with Crippen LogP contribution in [0.3, 0.4) is 0 Å². The van der Waals surface area contributed by atoms with Crippen LogP contribution in [-0.2, 0) is 4.79 Å². The second-order valence-electron chi connectivity index (χ2n) is 4.04. The smallest absolute Gasteiger partial charge is 0.139 e. The summed E-state index contributed by atoms with van der Waals surface area (Å²) in [5.74, 6) is 2.92. The molecule has 0 amide bonds. The van der Waals surface area contributed by atoms with Gasteiger partial charge < -0.3 is 0 Å². The second-order valence-corrected chi connectivity index (χ2v) is 4.04. The standard InChI is InChI=1S/C9H14O/c1-5-3-7(5)9(10)8-4-6(8)2/h5-8H,3-4H2,1-2H3/t5-,6-,7-,8-/m1/s1. The largest absolute Gasteiger partial charge is 0.299 e. The minimum Gasteiger partial charge on any atom is -0.299 e. The van der Waals surface area contributed by atoms with E-state index in [0.717, 1.165) is 0 Å². The van der Waals surface area contributed by atoms with Crippen molar-refractivity contribution in [1.29, 1.82) is 0 Å². The van der Waals surface area contributed by atoms with Crippen molar-refractivity contribution in [2.24, 2.45) is 23.7 Å². The van der Waals surface area contributed by atoms with Gasteiger partial charge in [-0.3, -0.25) is 4.79 Å². The highest BCUT2D eigenvalue weighted by Gasteiger charge is 2.48. The lowest BCUT2D eigenvalue weighted by Gasteiger charge is -1.92. The zero-order valence-electron chi connectivity index (χ0n) is 6.63. The van der Waals surface area contributed by atoms with Crippen LogP contribution in [0.25, 0.3) is 0 Å². The molecule has 2 fully saturated rings. The van der Waals surface area contributed by atoms with E-state index in [1.54, 1.807) is 0 Å². The van der Waals surface area contributed by atoms with E-state index in [9.17, 15) is 4.79 Å². The van der Waals surface area contributed by atoms with Crippen LogP contribution in [0.15, 0.2) is 0 Å². The molecule has 0 N–H and O–H groups in total. The van der Waals surface area contributed by atoms with Gasteiger partial charge in [0.2, 0.25) is 0 Å². The molecule has 0 heterocycles. The zero-order valence-corrected chi connectivity index (χ0v) is 6.63. The van der Waals surface area contributed by atoms with Gasteiger partial charge >= 0.3 is 0 Å². The van der Waals surface area contributed by atoms with Crippen molar-refractivity contribution < 1.29 is 4.79 Å².